The Morgan fingerprint density at radius 2 is 1.48 bits per heavy atom. The van der Waals surface area contributed by atoms with Gasteiger partial charge in [0, 0.05) is 0 Å². The molecular weight excluding hydrogens is 295 g/mol. The second-order valence-corrected chi connectivity index (χ2v) is 9.01. The van der Waals surface area contributed by atoms with Gasteiger partial charge in [-0.1, -0.05) is 66.9 Å². The minimum absolute atomic E-state index is 0.152. The molecule has 0 rings (SSSR count). The fourth-order valence-corrected chi connectivity index (χ4v) is 2.35. The van der Waals surface area contributed by atoms with E-state index in [1.165, 1.54) is 5.47 Å². The molecule has 0 heterocycles. The summed E-state index contributed by atoms with van der Waals surface area (Å²) in [5, 5.41) is 0.152. The second-order valence-electron chi connectivity index (χ2n) is 7.75. The number of rotatable bonds is 7. The van der Waals surface area contributed by atoms with Crippen molar-refractivity contribution in [1.29, 1.82) is 0 Å². The van der Waals surface area contributed by atoms with Crippen LogP contribution in [0.3, 0.4) is 0 Å². The van der Waals surface area contributed by atoms with Crippen molar-refractivity contribution in [2.75, 3.05) is 12.5 Å². The maximum absolute atomic E-state index is 6.79. The van der Waals surface area contributed by atoms with Gasteiger partial charge in [-0.3, -0.25) is 0 Å². The lowest BCUT2D eigenvalue weighted by atomic mass is 9.43. The standard InChI is InChI=1S/C16H32BCl.C2H6S/c1-12(2)9-10-15(11-13(3)4)17(18)16(7,8)14(5)6;1-3-2/h10,12-14H,9,11H2,1-8H3;1-2H3/b15-10+;. The molecule has 0 unspecified atom stereocenters. The van der Waals surface area contributed by atoms with E-state index < -0.39 is 0 Å². The highest BCUT2D eigenvalue weighted by Crippen LogP contribution is 2.43. The number of hydrogen-bond acceptors (Lipinski definition) is 1. The van der Waals surface area contributed by atoms with Gasteiger partial charge in [0.25, 0.3) is 6.13 Å². The monoisotopic (exact) mass is 332 g/mol. The predicted molar refractivity (Wildman–Crippen MR) is 107 cm³/mol. The summed E-state index contributed by atoms with van der Waals surface area (Å²) in [5.74, 6) is 1.97. The first kappa shape index (κ1) is 23.7. The van der Waals surface area contributed by atoms with E-state index in [9.17, 15) is 0 Å². The van der Waals surface area contributed by atoms with Crippen LogP contribution < -0.4 is 0 Å². The molecule has 0 radical (unpaired) electrons. The Hall–Kier alpha value is 0.445. The van der Waals surface area contributed by atoms with E-state index >= 15 is 0 Å². The van der Waals surface area contributed by atoms with Crippen LogP contribution in [0.2, 0.25) is 5.31 Å². The average molecular weight is 333 g/mol. The van der Waals surface area contributed by atoms with Gasteiger partial charge in [-0.15, -0.1) is 0 Å². The summed E-state index contributed by atoms with van der Waals surface area (Å²) in [6.45, 7) is 18.2. The Morgan fingerprint density at radius 1 is 1.05 bits per heavy atom. The van der Waals surface area contributed by atoms with Gasteiger partial charge in [0.1, 0.15) is 0 Å². The lowest BCUT2D eigenvalue weighted by Crippen LogP contribution is -2.30. The summed E-state index contributed by atoms with van der Waals surface area (Å²) in [6.07, 6.45) is 8.89. The molecule has 126 valence electrons. The van der Waals surface area contributed by atoms with Crippen LogP contribution in [0.5, 0.6) is 0 Å². The zero-order valence-electron chi connectivity index (χ0n) is 16.1. The van der Waals surface area contributed by atoms with Gasteiger partial charge >= 0.3 is 0 Å². The van der Waals surface area contributed by atoms with E-state index in [1.807, 2.05) is 12.5 Å². The van der Waals surface area contributed by atoms with E-state index in [4.69, 9.17) is 11.5 Å². The van der Waals surface area contributed by atoms with Crippen molar-refractivity contribution in [3.05, 3.63) is 11.5 Å². The van der Waals surface area contributed by atoms with Crippen molar-refractivity contribution in [1.82, 2.24) is 0 Å². The van der Waals surface area contributed by atoms with E-state index in [0.29, 0.717) is 17.8 Å². The minimum atomic E-state index is 0.152. The van der Waals surface area contributed by atoms with Gasteiger partial charge in [0.2, 0.25) is 0 Å². The lowest BCUT2D eigenvalue weighted by molar-refractivity contribution is 0.471. The third-order valence-electron chi connectivity index (χ3n) is 3.96. The highest BCUT2D eigenvalue weighted by molar-refractivity contribution is 7.97. The largest absolute Gasteiger partial charge is 0.284 e. The summed E-state index contributed by atoms with van der Waals surface area (Å²) in [7, 11) is 0. The minimum Gasteiger partial charge on any atom is -0.189 e. The Bertz CT molecular complexity index is 283. The molecule has 0 saturated heterocycles. The fraction of sp³-hybridized carbons (Fsp3) is 0.889. The molecule has 0 aromatic heterocycles. The molecule has 0 aliphatic heterocycles. The van der Waals surface area contributed by atoms with Gasteiger partial charge in [-0.05, 0) is 48.4 Å². The summed E-state index contributed by atoms with van der Waals surface area (Å²) in [5.41, 5.74) is 1.44. The predicted octanol–water partition coefficient (Wildman–Crippen LogP) is 7.19. The highest BCUT2D eigenvalue weighted by atomic mass is 35.5. The van der Waals surface area contributed by atoms with Crippen LogP contribution in [0.25, 0.3) is 0 Å². The quantitative estimate of drug-likeness (QED) is 0.444. The maximum Gasteiger partial charge on any atom is 0.284 e. The topological polar surface area (TPSA) is 0 Å². The number of halogens is 1. The summed E-state index contributed by atoms with van der Waals surface area (Å²) < 4.78 is 0. The zero-order chi connectivity index (χ0) is 17.2. The van der Waals surface area contributed by atoms with Crippen molar-refractivity contribution < 1.29 is 0 Å². The van der Waals surface area contributed by atoms with Crippen molar-refractivity contribution >= 4 is 29.4 Å². The van der Waals surface area contributed by atoms with Crippen LogP contribution >= 0.6 is 23.2 Å². The SMILES string of the molecule is CC(C)C/C=C(\CC(C)C)B(Cl)C(C)(C)C(C)C.CSC. The van der Waals surface area contributed by atoms with Gasteiger partial charge in [-0.25, -0.2) is 0 Å². The van der Waals surface area contributed by atoms with Crippen LogP contribution in [0.1, 0.15) is 68.2 Å². The third kappa shape index (κ3) is 10.7. The van der Waals surface area contributed by atoms with E-state index in [-0.39, 0.29) is 11.4 Å². The molecule has 0 aliphatic rings. The van der Waals surface area contributed by atoms with Gasteiger partial charge in [0.15, 0.2) is 0 Å². The molecular formula is C18H38BClS. The fourth-order valence-electron chi connectivity index (χ4n) is 1.92. The Balaban J connectivity index is 0. The third-order valence-corrected chi connectivity index (χ3v) is 4.80. The Kier molecular flexibility index (Phi) is 13.5. The van der Waals surface area contributed by atoms with E-state index in [0.717, 1.165) is 12.8 Å². The van der Waals surface area contributed by atoms with Crippen LogP contribution in [-0.2, 0) is 0 Å². The summed E-state index contributed by atoms with van der Waals surface area (Å²) in [4.78, 5) is 0. The molecule has 0 aliphatic carbocycles. The Morgan fingerprint density at radius 3 is 1.76 bits per heavy atom. The second kappa shape index (κ2) is 11.9. The van der Waals surface area contributed by atoms with Gasteiger partial charge in [0.05, 0.1) is 0 Å². The molecule has 0 N–H and O–H groups in total. The molecule has 0 aromatic rings. The van der Waals surface area contributed by atoms with E-state index in [1.54, 1.807) is 11.8 Å². The van der Waals surface area contributed by atoms with E-state index in [2.05, 4.69) is 61.5 Å². The number of allylic oxidation sites excluding steroid dienone is 2. The first-order valence-corrected chi connectivity index (χ1v) is 10.3. The molecule has 0 atom stereocenters. The average Bonchev–Trinajstić information content (AvgIpc) is 2.33. The number of thioether (sulfide) groups is 1. The lowest BCUT2D eigenvalue weighted by Gasteiger charge is -2.34. The maximum atomic E-state index is 6.79. The number of hydrogen-bond donors (Lipinski definition) is 0. The molecule has 0 nitrogen and oxygen atoms in total. The molecule has 21 heavy (non-hydrogen) atoms. The first-order chi connectivity index (χ1) is 9.50. The molecule has 0 bridgehead atoms. The van der Waals surface area contributed by atoms with Crippen LogP contribution in [0.4, 0.5) is 0 Å². The Labute approximate surface area is 144 Å². The molecule has 3 heteroatoms. The summed E-state index contributed by atoms with van der Waals surface area (Å²) in [6, 6.07) is 0. The van der Waals surface area contributed by atoms with Crippen LogP contribution in [0.15, 0.2) is 11.5 Å². The molecule has 0 spiro atoms. The smallest absolute Gasteiger partial charge is 0.189 e. The highest BCUT2D eigenvalue weighted by Gasteiger charge is 2.37. The summed E-state index contributed by atoms with van der Waals surface area (Å²) >= 11 is 8.54. The van der Waals surface area contributed by atoms with Gasteiger partial charge in [-0.2, -0.15) is 23.2 Å². The van der Waals surface area contributed by atoms with Crippen LogP contribution in [0, 0.1) is 17.8 Å². The normalized spacial score (nSPS) is 12.8. The van der Waals surface area contributed by atoms with Gasteiger partial charge < -0.3 is 0 Å². The van der Waals surface area contributed by atoms with Crippen LogP contribution in [-0.4, -0.2) is 18.6 Å². The molecule has 0 fully saturated rings. The van der Waals surface area contributed by atoms with Crippen molar-refractivity contribution in [2.24, 2.45) is 17.8 Å². The zero-order valence-corrected chi connectivity index (χ0v) is 17.7. The molecule has 0 amide bonds. The first-order valence-electron chi connectivity index (χ1n) is 8.23. The van der Waals surface area contributed by atoms with Crippen molar-refractivity contribution in [2.45, 2.75) is 73.5 Å². The van der Waals surface area contributed by atoms with Crippen molar-refractivity contribution in [3.63, 3.8) is 0 Å². The molecule has 0 aromatic carbocycles. The van der Waals surface area contributed by atoms with Crippen molar-refractivity contribution in [3.8, 4) is 0 Å². The molecule has 0 saturated carbocycles.